The molecule has 0 spiro atoms. The molecule has 0 amide bonds. The minimum atomic E-state index is -0.869. The highest BCUT2D eigenvalue weighted by Crippen LogP contribution is 2.34. The number of carboxylic acid groups (broad SMARTS) is 1. The average molecular weight is 529 g/mol. The Labute approximate surface area is 207 Å². The summed E-state index contributed by atoms with van der Waals surface area (Å²) in [4.78, 5) is 16.3. The predicted molar refractivity (Wildman–Crippen MR) is 133 cm³/mol. The van der Waals surface area contributed by atoms with Gasteiger partial charge in [0.1, 0.15) is 11.6 Å². The summed E-state index contributed by atoms with van der Waals surface area (Å²) in [7, 11) is 3.41. The van der Waals surface area contributed by atoms with Crippen LogP contribution in [0.2, 0.25) is 0 Å². The van der Waals surface area contributed by atoms with Crippen LogP contribution in [-0.2, 0) is 31.1 Å². The van der Waals surface area contributed by atoms with Gasteiger partial charge in [0.05, 0.1) is 25.8 Å². The van der Waals surface area contributed by atoms with E-state index >= 15 is 0 Å². The number of aryl methyl sites for hydroxylation is 2. The van der Waals surface area contributed by atoms with Crippen LogP contribution in [0.25, 0.3) is 0 Å². The maximum Gasteiger partial charge on any atom is 0.303 e. The number of benzene rings is 1. The molecule has 180 valence electrons. The van der Waals surface area contributed by atoms with Crippen molar-refractivity contribution in [3.63, 3.8) is 0 Å². The van der Waals surface area contributed by atoms with Crippen molar-refractivity contribution in [2.45, 2.75) is 38.0 Å². The number of ether oxygens (including phenoxy) is 2. The molecule has 0 saturated heterocycles. The summed E-state index contributed by atoms with van der Waals surface area (Å²) in [6.07, 6.45) is 3.32. The van der Waals surface area contributed by atoms with Gasteiger partial charge in [0.25, 0.3) is 0 Å². The molecule has 0 bridgehead atoms. The first-order chi connectivity index (χ1) is 16.4. The van der Waals surface area contributed by atoms with Crippen LogP contribution in [0, 0.1) is 0 Å². The first kappa shape index (κ1) is 24.1. The fourth-order valence-corrected chi connectivity index (χ4v) is 4.67. The maximum absolute atomic E-state index is 11.6. The van der Waals surface area contributed by atoms with Gasteiger partial charge >= 0.3 is 5.97 Å². The van der Waals surface area contributed by atoms with Crippen LogP contribution < -0.4 is 14.8 Å². The van der Waals surface area contributed by atoms with Crippen LogP contribution in [-0.4, -0.2) is 46.1 Å². The van der Waals surface area contributed by atoms with E-state index in [9.17, 15) is 9.90 Å². The van der Waals surface area contributed by atoms with E-state index in [1.54, 1.807) is 11.8 Å². The lowest BCUT2D eigenvalue weighted by atomic mass is 9.90. The molecule has 2 N–H and O–H groups in total. The molecule has 1 aromatic carbocycles. The second-order valence-electron chi connectivity index (χ2n) is 8.42. The van der Waals surface area contributed by atoms with E-state index in [0.29, 0.717) is 31.1 Å². The number of aliphatic carboxylic acids is 1. The van der Waals surface area contributed by atoms with Gasteiger partial charge in [-0.25, -0.2) is 9.67 Å². The summed E-state index contributed by atoms with van der Waals surface area (Å²) in [5, 5.41) is 17.4. The lowest BCUT2D eigenvalue weighted by Gasteiger charge is -2.18. The molecule has 1 aliphatic heterocycles. The average Bonchev–Trinajstić information content (AvgIpc) is 3.17. The first-order valence-electron chi connectivity index (χ1n) is 11.4. The van der Waals surface area contributed by atoms with Crippen molar-refractivity contribution in [1.29, 1.82) is 0 Å². The van der Waals surface area contributed by atoms with Gasteiger partial charge in [-0.05, 0) is 54.7 Å². The Bertz CT molecular complexity index is 1160. The molecule has 1 unspecified atom stereocenters. The molecule has 34 heavy (non-hydrogen) atoms. The molecule has 0 radical (unpaired) electrons. The van der Waals surface area contributed by atoms with E-state index in [1.165, 1.54) is 5.56 Å². The highest BCUT2D eigenvalue weighted by Gasteiger charge is 2.22. The number of anilines is 1. The van der Waals surface area contributed by atoms with E-state index in [4.69, 9.17) is 14.5 Å². The van der Waals surface area contributed by atoms with Crippen LogP contribution in [0.1, 0.15) is 41.3 Å². The number of carboxylic acids is 1. The Hall–Kier alpha value is -3.07. The third-order valence-corrected chi connectivity index (χ3v) is 6.45. The largest absolute Gasteiger partial charge is 0.496 e. The Kier molecular flexibility index (Phi) is 7.72. The summed E-state index contributed by atoms with van der Waals surface area (Å²) in [5.41, 5.74) is 3.85. The van der Waals surface area contributed by atoms with Gasteiger partial charge in [0.15, 0.2) is 0 Å². The molecular weight excluding hydrogens is 500 g/mol. The number of nitrogens with zero attached hydrogens (tertiary/aromatic N) is 3. The fraction of sp³-hybridized carbons (Fsp3) is 0.400. The van der Waals surface area contributed by atoms with Gasteiger partial charge in [0, 0.05) is 42.2 Å². The SMILES string of the molecule is COc1ccc(Br)cc1C(CC(=O)O)Cc1cc(OCCc2ccc3c(n2)NCCC3)n(C)n1. The maximum atomic E-state index is 11.6. The molecule has 2 aromatic heterocycles. The third kappa shape index (κ3) is 5.88. The zero-order chi connectivity index (χ0) is 24.1. The summed E-state index contributed by atoms with van der Waals surface area (Å²) in [5.74, 6) is 1.13. The molecule has 8 nitrogen and oxygen atoms in total. The van der Waals surface area contributed by atoms with Crippen LogP contribution in [0.15, 0.2) is 40.9 Å². The summed E-state index contributed by atoms with van der Waals surface area (Å²) < 4.78 is 14.0. The zero-order valence-corrected chi connectivity index (χ0v) is 21.0. The molecule has 1 aliphatic rings. The molecular formula is C25H29BrN4O4. The number of halogens is 1. The Morgan fingerprint density at radius 2 is 2.12 bits per heavy atom. The smallest absolute Gasteiger partial charge is 0.303 e. The van der Waals surface area contributed by atoms with Gasteiger partial charge < -0.3 is 19.9 Å². The number of fused-ring (bicyclic) bond motifs is 1. The molecule has 9 heteroatoms. The molecule has 1 atom stereocenters. The lowest BCUT2D eigenvalue weighted by molar-refractivity contribution is -0.137. The van der Waals surface area contributed by atoms with Crippen molar-refractivity contribution < 1.29 is 19.4 Å². The number of rotatable bonds is 10. The molecule has 3 aromatic rings. The van der Waals surface area contributed by atoms with Crippen molar-refractivity contribution in [2.24, 2.45) is 7.05 Å². The molecule has 3 heterocycles. The van der Waals surface area contributed by atoms with E-state index in [-0.39, 0.29) is 12.3 Å². The van der Waals surface area contributed by atoms with Crippen molar-refractivity contribution in [3.8, 4) is 11.6 Å². The Balaban J connectivity index is 1.43. The van der Waals surface area contributed by atoms with Crippen LogP contribution in [0.4, 0.5) is 5.82 Å². The van der Waals surface area contributed by atoms with E-state index in [0.717, 1.165) is 46.6 Å². The summed E-state index contributed by atoms with van der Waals surface area (Å²) in [6.45, 7) is 1.44. The minimum absolute atomic E-state index is 0.0301. The predicted octanol–water partition coefficient (Wildman–Crippen LogP) is 4.37. The van der Waals surface area contributed by atoms with Crippen LogP contribution >= 0.6 is 15.9 Å². The highest BCUT2D eigenvalue weighted by atomic mass is 79.9. The fourth-order valence-electron chi connectivity index (χ4n) is 4.29. The standard InChI is InChI=1S/C25H29BrN4O4/c1-30-23(34-11-9-19-7-5-16-4-3-10-27-25(16)28-19)15-20(29-30)12-17(13-24(31)32)21-14-18(26)6-8-22(21)33-2/h5-8,14-15,17H,3-4,9-13H2,1-2H3,(H,27,28)(H,31,32). The lowest BCUT2D eigenvalue weighted by Crippen LogP contribution is -2.14. The topological polar surface area (TPSA) is 98.5 Å². The second kappa shape index (κ2) is 10.9. The molecule has 0 saturated carbocycles. The van der Waals surface area contributed by atoms with E-state index < -0.39 is 5.97 Å². The van der Waals surface area contributed by atoms with Gasteiger partial charge in [0.2, 0.25) is 5.88 Å². The van der Waals surface area contributed by atoms with E-state index in [1.807, 2.05) is 31.3 Å². The zero-order valence-electron chi connectivity index (χ0n) is 19.4. The second-order valence-corrected chi connectivity index (χ2v) is 9.34. The number of pyridine rings is 1. The molecule has 4 rings (SSSR count). The van der Waals surface area contributed by atoms with Gasteiger partial charge in [-0.2, -0.15) is 5.10 Å². The Morgan fingerprint density at radius 3 is 2.91 bits per heavy atom. The molecule has 0 aliphatic carbocycles. The van der Waals surface area contributed by atoms with Crippen molar-refractivity contribution in [2.75, 3.05) is 25.6 Å². The third-order valence-electron chi connectivity index (χ3n) is 5.96. The normalized spacial score (nSPS) is 13.6. The highest BCUT2D eigenvalue weighted by molar-refractivity contribution is 9.10. The number of hydrogen-bond acceptors (Lipinski definition) is 6. The van der Waals surface area contributed by atoms with Crippen LogP contribution in [0.5, 0.6) is 11.6 Å². The van der Waals surface area contributed by atoms with Gasteiger partial charge in [-0.15, -0.1) is 0 Å². The van der Waals surface area contributed by atoms with E-state index in [2.05, 4.69) is 38.5 Å². The number of carbonyl (C=O) groups is 1. The molecule has 0 fully saturated rings. The van der Waals surface area contributed by atoms with Crippen molar-refractivity contribution in [1.82, 2.24) is 14.8 Å². The number of methoxy groups -OCH3 is 1. The van der Waals surface area contributed by atoms with Crippen LogP contribution in [0.3, 0.4) is 0 Å². The monoisotopic (exact) mass is 528 g/mol. The van der Waals surface area contributed by atoms with Gasteiger partial charge in [-0.3, -0.25) is 4.79 Å². The number of nitrogens with one attached hydrogen (secondary N) is 1. The van der Waals surface area contributed by atoms with Crippen molar-refractivity contribution in [3.05, 3.63) is 63.4 Å². The summed E-state index contributed by atoms with van der Waals surface area (Å²) >= 11 is 3.48. The minimum Gasteiger partial charge on any atom is -0.496 e. The number of aromatic nitrogens is 3. The van der Waals surface area contributed by atoms with Gasteiger partial charge in [-0.1, -0.05) is 22.0 Å². The number of hydrogen-bond donors (Lipinski definition) is 2. The first-order valence-corrected chi connectivity index (χ1v) is 12.2. The van der Waals surface area contributed by atoms with Crippen molar-refractivity contribution >= 4 is 27.7 Å². The quantitative estimate of drug-likeness (QED) is 0.403. The summed E-state index contributed by atoms with van der Waals surface area (Å²) in [6, 6.07) is 11.7. The Morgan fingerprint density at radius 1 is 1.26 bits per heavy atom.